The molecule has 1 aliphatic heterocycles. The van der Waals surface area contributed by atoms with Gasteiger partial charge in [0, 0.05) is 32.2 Å². The molecule has 1 saturated heterocycles. The lowest BCUT2D eigenvalue weighted by molar-refractivity contribution is -0.139. The number of halogens is 5. The zero-order chi connectivity index (χ0) is 14.8. The van der Waals surface area contributed by atoms with Gasteiger partial charge in [-0.1, -0.05) is 13.0 Å². The molecule has 7 heteroatoms. The predicted octanol–water partition coefficient (Wildman–Crippen LogP) is 3.62. The number of benzene rings is 1. The fourth-order valence-corrected chi connectivity index (χ4v) is 2.73. The van der Waals surface area contributed by atoms with Gasteiger partial charge in [-0.25, -0.2) is 4.39 Å². The van der Waals surface area contributed by atoms with Gasteiger partial charge in [-0.15, -0.1) is 12.4 Å². The van der Waals surface area contributed by atoms with Crippen LogP contribution in [-0.4, -0.2) is 31.1 Å². The zero-order valence-electron chi connectivity index (χ0n) is 11.7. The Balaban J connectivity index is 0.00000220. The monoisotopic (exact) mass is 326 g/mol. The first-order valence-corrected chi connectivity index (χ1v) is 6.75. The van der Waals surface area contributed by atoms with E-state index in [0.29, 0.717) is 25.6 Å². The molecule has 1 aromatic carbocycles. The van der Waals surface area contributed by atoms with Crippen LogP contribution in [0.4, 0.5) is 17.6 Å². The highest BCUT2D eigenvalue weighted by Crippen LogP contribution is 2.38. The topological polar surface area (TPSA) is 15.3 Å². The smallest absolute Gasteiger partial charge is 0.314 e. The largest absolute Gasteiger partial charge is 0.416 e. The average Bonchev–Trinajstić information content (AvgIpc) is 2.41. The van der Waals surface area contributed by atoms with Crippen molar-refractivity contribution in [1.82, 2.24) is 10.2 Å². The molecule has 0 amide bonds. The maximum atomic E-state index is 13.2. The van der Waals surface area contributed by atoms with Crippen molar-refractivity contribution in [1.29, 1.82) is 0 Å². The molecule has 1 fully saturated rings. The summed E-state index contributed by atoms with van der Waals surface area (Å²) in [6.45, 7) is 4.79. The van der Waals surface area contributed by atoms with E-state index in [1.54, 1.807) is 0 Å². The third kappa shape index (κ3) is 4.31. The quantitative estimate of drug-likeness (QED) is 0.853. The van der Waals surface area contributed by atoms with E-state index in [-0.39, 0.29) is 24.0 Å². The molecule has 2 nitrogen and oxygen atoms in total. The van der Waals surface area contributed by atoms with Crippen molar-refractivity contribution in [3.05, 3.63) is 35.1 Å². The summed E-state index contributed by atoms with van der Waals surface area (Å²) >= 11 is 0. The van der Waals surface area contributed by atoms with Gasteiger partial charge in [0.2, 0.25) is 0 Å². The molecule has 2 rings (SSSR count). The maximum Gasteiger partial charge on any atom is 0.416 e. The van der Waals surface area contributed by atoms with E-state index in [9.17, 15) is 17.6 Å². The molecular weight excluding hydrogens is 308 g/mol. The molecule has 0 spiro atoms. The Morgan fingerprint density at radius 2 is 1.86 bits per heavy atom. The molecule has 0 aromatic heterocycles. The van der Waals surface area contributed by atoms with E-state index in [1.165, 1.54) is 6.07 Å². The number of nitrogens with zero attached hydrogens (tertiary/aromatic N) is 1. The molecule has 1 aromatic rings. The molecule has 120 valence electrons. The van der Waals surface area contributed by atoms with Crippen LogP contribution in [-0.2, 0) is 6.18 Å². The SMILES string of the molecule is CC[C@@H](c1ccc(F)cc1C(F)(F)F)N1CCNCC1.Cl. The first kappa shape index (κ1) is 18.2. The van der Waals surface area contributed by atoms with Gasteiger partial charge >= 0.3 is 6.18 Å². The van der Waals surface area contributed by atoms with Crippen molar-refractivity contribution in [2.45, 2.75) is 25.6 Å². The van der Waals surface area contributed by atoms with E-state index in [4.69, 9.17) is 0 Å². The second kappa shape index (κ2) is 7.42. The fraction of sp³-hybridized carbons (Fsp3) is 0.571. The maximum absolute atomic E-state index is 13.2. The van der Waals surface area contributed by atoms with Crippen LogP contribution >= 0.6 is 12.4 Å². The van der Waals surface area contributed by atoms with Crippen LogP contribution in [0, 0.1) is 5.82 Å². The second-order valence-electron chi connectivity index (χ2n) is 4.94. The first-order chi connectivity index (χ1) is 9.43. The van der Waals surface area contributed by atoms with Crippen LogP contribution in [0.1, 0.15) is 30.5 Å². The number of piperazine rings is 1. The van der Waals surface area contributed by atoms with Crippen molar-refractivity contribution in [3.8, 4) is 0 Å². The Labute approximate surface area is 127 Å². The summed E-state index contributed by atoms with van der Waals surface area (Å²) in [5, 5.41) is 3.18. The Morgan fingerprint density at radius 1 is 1.24 bits per heavy atom. The van der Waals surface area contributed by atoms with Gasteiger partial charge in [0.1, 0.15) is 5.82 Å². The van der Waals surface area contributed by atoms with Crippen molar-refractivity contribution in [2.24, 2.45) is 0 Å². The number of nitrogens with one attached hydrogen (secondary N) is 1. The van der Waals surface area contributed by atoms with Gasteiger partial charge in [-0.2, -0.15) is 13.2 Å². The van der Waals surface area contributed by atoms with E-state index < -0.39 is 17.6 Å². The second-order valence-corrected chi connectivity index (χ2v) is 4.94. The molecule has 0 radical (unpaired) electrons. The van der Waals surface area contributed by atoms with Crippen LogP contribution in [0.25, 0.3) is 0 Å². The summed E-state index contributed by atoms with van der Waals surface area (Å²) in [5.74, 6) is -0.851. The summed E-state index contributed by atoms with van der Waals surface area (Å²) < 4.78 is 52.4. The van der Waals surface area contributed by atoms with Crippen molar-refractivity contribution in [2.75, 3.05) is 26.2 Å². The normalized spacial score (nSPS) is 18.1. The lowest BCUT2D eigenvalue weighted by Gasteiger charge is -2.35. The van der Waals surface area contributed by atoms with Crippen molar-refractivity contribution >= 4 is 12.4 Å². The van der Waals surface area contributed by atoms with Crippen LogP contribution < -0.4 is 5.32 Å². The molecule has 21 heavy (non-hydrogen) atoms. The summed E-state index contributed by atoms with van der Waals surface area (Å²) in [5.41, 5.74) is -0.689. The Bertz CT molecular complexity index is 459. The Hall–Kier alpha value is -0.850. The van der Waals surface area contributed by atoms with Crippen LogP contribution in [0.5, 0.6) is 0 Å². The van der Waals surface area contributed by atoms with Gasteiger partial charge < -0.3 is 5.32 Å². The lowest BCUT2D eigenvalue weighted by Crippen LogP contribution is -2.45. The molecule has 0 unspecified atom stereocenters. The molecule has 0 bridgehead atoms. The number of hydrogen-bond donors (Lipinski definition) is 1. The summed E-state index contributed by atoms with van der Waals surface area (Å²) in [6, 6.07) is 2.65. The van der Waals surface area contributed by atoms with E-state index in [0.717, 1.165) is 19.2 Å². The van der Waals surface area contributed by atoms with Crippen LogP contribution in [0.2, 0.25) is 0 Å². The summed E-state index contributed by atoms with van der Waals surface area (Å²) in [7, 11) is 0. The average molecular weight is 327 g/mol. The molecule has 1 aliphatic rings. The highest BCUT2D eigenvalue weighted by Gasteiger charge is 2.36. The lowest BCUT2D eigenvalue weighted by atomic mass is 9.96. The molecular formula is C14H19ClF4N2. The summed E-state index contributed by atoms with van der Waals surface area (Å²) in [4.78, 5) is 2.03. The van der Waals surface area contributed by atoms with Gasteiger partial charge in [-0.3, -0.25) is 4.90 Å². The fourth-order valence-electron chi connectivity index (χ4n) is 2.73. The minimum atomic E-state index is -4.53. The van der Waals surface area contributed by atoms with Gasteiger partial charge in [0.15, 0.2) is 0 Å². The molecule has 1 heterocycles. The molecule has 1 N–H and O–H groups in total. The minimum Gasteiger partial charge on any atom is -0.314 e. The van der Waals surface area contributed by atoms with Gasteiger partial charge in [0.05, 0.1) is 5.56 Å². The van der Waals surface area contributed by atoms with Crippen molar-refractivity contribution < 1.29 is 17.6 Å². The van der Waals surface area contributed by atoms with E-state index in [2.05, 4.69) is 5.32 Å². The Kier molecular flexibility index (Phi) is 6.43. The number of rotatable bonds is 3. The zero-order valence-corrected chi connectivity index (χ0v) is 12.5. The first-order valence-electron chi connectivity index (χ1n) is 6.75. The summed E-state index contributed by atoms with van der Waals surface area (Å²) in [6.07, 6.45) is -3.96. The molecule has 0 aliphatic carbocycles. The van der Waals surface area contributed by atoms with Crippen molar-refractivity contribution in [3.63, 3.8) is 0 Å². The van der Waals surface area contributed by atoms with Crippen LogP contribution in [0.15, 0.2) is 18.2 Å². The third-order valence-corrected chi connectivity index (χ3v) is 3.66. The number of hydrogen-bond acceptors (Lipinski definition) is 2. The standard InChI is InChI=1S/C14H18F4N2.ClH/c1-2-13(20-7-5-19-6-8-20)11-4-3-10(15)9-12(11)14(16,17)18;/h3-4,9,13,19H,2,5-8H2,1H3;1H/t13-;/m0./s1. The molecule has 0 saturated carbocycles. The highest BCUT2D eigenvalue weighted by molar-refractivity contribution is 5.85. The Morgan fingerprint density at radius 3 is 2.38 bits per heavy atom. The minimum absolute atomic E-state index is 0. The van der Waals surface area contributed by atoms with Gasteiger partial charge in [-0.05, 0) is 24.1 Å². The third-order valence-electron chi connectivity index (χ3n) is 3.66. The van der Waals surface area contributed by atoms with Crippen LogP contribution in [0.3, 0.4) is 0 Å². The van der Waals surface area contributed by atoms with Gasteiger partial charge in [0.25, 0.3) is 0 Å². The van der Waals surface area contributed by atoms with E-state index in [1.807, 2.05) is 11.8 Å². The highest BCUT2D eigenvalue weighted by atomic mass is 35.5. The molecule has 1 atom stereocenters. The number of alkyl halides is 3. The predicted molar refractivity (Wildman–Crippen MR) is 76.1 cm³/mol. The van der Waals surface area contributed by atoms with E-state index >= 15 is 0 Å².